The van der Waals surface area contributed by atoms with E-state index in [1.54, 1.807) is 12.1 Å². The summed E-state index contributed by atoms with van der Waals surface area (Å²) in [5.74, 6) is 0. The fraction of sp³-hybridized carbons (Fsp3) is 0. The van der Waals surface area contributed by atoms with Gasteiger partial charge in [0.15, 0.2) is 6.29 Å². The Balaban J connectivity index is 3.21. The van der Waals surface area contributed by atoms with Gasteiger partial charge in [0.25, 0.3) is 0 Å². The standard InChI is InChI=1S/C7H6ClNO/c8-7-2-1-6(9)3-5(7)4-10/h1-4H,9H2. The van der Waals surface area contributed by atoms with Crippen LogP contribution < -0.4 is 5.73 Å². The van der Waals surface area contributed by atoms with Gasteiger partial charge in [-0.25, -0.2) is 0 Å². The summed E-state index contributed by atoms with van der Waals surface area (Å²) in [6.45, 7) is 0. The summed E-state index contributed by atoms with van der Waals surface area (Å²) in [4.78, 5) is 10.2. The van der Waals surface area contributed by atoms with Crippen LogP contribution in [0.25, 0.3) is 0 Å². The number of nitrogen functional groups attached to an aromatic ring is 1. The first kappa shape index (κ1) is 7.09. The third kappa shape index (κ3) is 1.28. The van der Waals surface area contributed by atoms with E-state index in [4.69, 9.17) is 17.3 Å². The quantitative estimate of drug-likeness (QED) is 0.496. The Labute approximate surface area is 63.6 Å². The second kappa shape index (κ2) is 2.71. The van der Waals surface area contributed by atoms with Crippen LogP contribution in [0.4, 0.5) is 5.69 Å². The van der Waals surface area contributed by atoms with E-state index in [0.717, 1.165) is 0 Å². The largest absolute Gasteiger partial charge is 0.399 e. The molecule has 1 rings (SSSR count). The zero-order valence-corrected chi connectivity index (χ0v) is 5.93. The average molecular weight is 156 g/mol. The van der Waals surface area contributed by atoms with Crippen molar-refractivity contribution in [2.45, 2.75) is 0 Å². The number of hydrogen-bond acceptors (Lipinski definition) is 2. The number of hydrogen-bond donors (Lipinski definition) is 1. The predicted octanol–water partition coefficient (Wildman–Crippen LogP) is 1.73. The molecule has 0 aromatic heterocycles. The van der Waals surface area contributed by atoms with Gasteiger partial charge in [0.05, 0.1) is 5.02 Å². The number of halogens is 1. The Kier molecular flexibility index (Phi) is 1.92. The highest BCUT2D eigenvalue weighted by Crippen LogP contribution is 2.16. The van der Waals surface area contributed by atoms with Gasteiger partial charge >= 0.3 is 0 Å². The Hall–Kier alpha value is -1.02. The molecule has 0 heterocycles. The van der Waals surface area contributed by atoms with E-state index < -0.39 is 0 Å². The van der Waals surface area contributed by atoms with Gasteiger partial charge in [-0.3, -0.25) is 4.79 Å². The smallest absolute Gasteiger partial charge is 0.151 e. The SMILES string of the molecule is Nc1ccc(Cl)c(C=O)c1. The molecule has 1 aromatic carbocycles. The van der Waals surface area contributed by atoms with Crippen molar-refractivity contribution in [3.63, 3.8) is 0 Å². The molecule has 0 unspecified atom stereocenters. The van der Waals surface area contributed by atoms with Gasteiger partial charge < -0.3 is 5.73 Å². The van der Waals surface area contributed by atoms with Crippen molar-refractivity contribution in [2.75, 3.05) is 5.73 Å². The molecule has 2 nitrogen and oxygen atoms in total. The number of nitrogens with two attached hydrogens (primary N) is 1. The van der Waals surface area contributed by atoms with Crippen LogP contribution >= 0.6 is 11.6 Å². The molecule has 3 heteroatoms. The van der Waals surface area contributed by atoms with Crippen LogP contribution in [0, 0.1) is 0 Å². The minimum Gasteiger partial charge on any atom is -0.399 e. The van der Waals surface area contributed by atoms with E-state index in [0.29, 0.717) is 22.6 Å². The maximum Gasteiger partial charge on any atom is 0.151 e. The van der Waals surface area contributed by atoms with Crippen LogP contribution in [0.15, 0.2) is 18.2 Å². The van der Waals surface area contributed by atoms with Crippen LogP contribution in [0.1, 0.15) is 10.4 Å². The molecule has 10 heavy (non-hydrogen) atoms. The molecule has 0 aliphatic rings. The second-order valence-electron chi connectivity index (χ2n) is 1.90. The molecular formula is C7H6ClNO. The summed E-state index contributed by atoms with van der Waals surface area (Å²) in [5.41, 5.74) is 6.37. The van der Waals surface area contributed by atoms with Crippen LogP contribution in [0.3, 0.4) is 0 Å². The van der Waals surface area contributed by atoms with Crippen molar-refractivity contribution >= 4 is 23.6 Å². The number of carbonyl (C=O) groups excluding carboxylic acids is 1. The van der Waals surface area contributed by atoms with Crippen molar-refractivity contribution in [3.05, 3.63) is 28.8 Å². The van der Waals surface area contributed by atoms with Crippen molar-refractivity contribution in [1.82, 2.24) is 0 Å². The number of rotatable bonds is 1. The summed E-state index contributed by atoms with van der Waals surface area (Å²) >= 11 is 5.61. The van der Waals surface area contributed by atoms with Crippen LogP contribution in [-0.2, 0) is 0 Å². The summed E-state index contributed by atoms with van der Waals surface area (Å²) < 4.78 is 0. The number of aldehydes is 1. The van der Waals surface area contributed by atoms with Crippen LogP contribution in [-0.4, -0.2) is 6.29 Å². The first-order valence-corrected chi connectivity index (χ1v) is 3.12. The molecule has 0 amide bonds. The van der Waals surface area contributed by atoms with Gasteiger partial charge in [-0.15, -0.1) is 0 Å². The van der Waals surface area contributed by atoms with Gasteiger partial charge in [0.2, 0.25) is 0 Å². The highest BCUT2D eigenvalue weighted by molar-refractivity contribution is 6.33. The topological polar surface area (TPSA) is 43.1 Å². The molecule has 1 aromatic rings. The summed E-state index contributed by atoms with van der Waals surface area (Å²) in [7, 11) is 0. The Bertz CT molecular complexity index is 260. The predicted molar refractivity (Wildman–Crippen MR) is 41.3 cm³/mol. The Morgan fingerprint density at radius 3 is 2.70 bits per heavy atom. The normalized spacial score (nSPS) is 9.30. The molecule has 0 fully saturated rings. The lowest BCUT2D eigenvalue weighted by molar-refractivity contribution is 0.112. The highest BCUT2D eigenvalue weighted by atomic mass is 35.5. The molecule has 0 spiro atoms. The molecule has 0 saturated heterocycles. The number of benzene rings is 1. The Morgan fingerprint density at radius 1 is 1.50 bits per heavy atom. The van der Waals surface area contributed by atoms with E-state index in [1.807, 2.05) is 0 Å². The molecule has 2 N–H and O–H groups in total. The summed E-state index contributed by atoms with van der Waals surface area (Å²) in [5, 5.41) is 0.434. The molecule has 0 aliphatic carbocycles. The first-order valence-electron chi connectivity index (χ1n) is 2.74. The first-order chi connectivity index (χ1) is 4.74. The minimum absolute atomic E-state index is 0.432. The van der Waals surface area contributed by atoms with Gasteiger partial charge in [0.1, 0.15) is 0 Å². The fourth-order valence-electron chi connectivity index (χ4n) is 0.653. The summed E-state index contributed by atoms with van der Waals surface area (Å²) in [6, 6.07) is 4.78. The third-order valence-electron chi connectivity index (χ3n) is 1.15. The summed E-state index contributed by atoms with van der Waals surface area (Å²) in [6.07, 6.45) is 0.679. The molecule has 0 atom stereocenters. The molecule has 0 radical (unpaired) electrons. The van der Waals surface area contributed by atoms with E-state index in [2.05, 4.69) is 0 Å². The van der Waals surface area contributed by atoms with Gasteiger partial charge in [-0.2, -0.15) is 0 Å². The zero-order chi connectivity index (χ0) is 7.56. The van der Waals surface area contributed by atoms with Crippen LogP contribution in [0.2, 0.25) is 5.02 Å². The lowest BCUT2D eigenvalue weighted by Crippen LogP contribution is -1.87. The van der Waals surface area contributed by atoms with Crippen molar-refractivity contribution < 1.29 is 4.79 Å². The lowest BCUT2D eigenvalue weighted by Gasteiger charge is -1.95. The molecule has 0 bridgehead atoms. The van der Waals surface area contributed by atoms with Crippen LogP contribution in [0.5, 0.6) is 0 Å². The third-order valence-corrected chi connectivity index (χ3v) is 1.49. The number of anilines is 1. The fourth-order valence-corrected chi connectivity index (χ4v) is 0.815. The van der Waals surface area contributed by atoms with Crippen molar-refractivity contribution in [3.8, 4) is 0 Å². The van der Waals surface area contributed by atoms with Crippen molar-refractivity contribution in [2.24, 2.45) is 0 Å². The van der Waals surface area contributed by atoms with E-state index in [1.165, 1.54) is 6.07 Å². The lowest BCUT2D eigenvalue weighted by atomic mass is 10.2. The number of carbonyl (C=O) groups is 1. The van der Waals surface area contributed by atoms with Crippen molar-refractivity contribution in [1.29, 1.82) is 0 Å². The van der Waals surface area contributed by atoms with E-state index in [9.17, 15) is 4.79 Å². The monoisotopic (exact) mass is 155 g/mol. The van der Waals surface area contributed by atoms with Gasteiger partial charge in [-0.1, -0.05) is 11.6 Å². The maximum absolute atomic E-state index is 10.2. The average Bonchev–Trinajstić information content (AvgIpc) is 1.94. The highest BCUT2D eigenvalue weighted by Gasteiger charge is 1.96. The van der Waals surface area contributed by atoms with E-state index in [-0.39, 0.29) is 0 Å². The molecular weight excluding hydrogens is 150 g/mol. The van der Waals surface area contributed by atoms with Gasteiger partial charge in [-0.05, 0) is 18.2 Å². The molecule has 52 valence electrons. The molecule has 0 aliphatic heterocycles. The zero-order valence-electron chi connectivity index (χ0n) is 5.17. The van der Waals surface area contributed by atoms with Gasteiger partial charge in [0, 0.05) is 11.3 Å². The minimum atomic E-state index is 0.432. The van der Waals surface area contributed by atoms with E-state index >= 15 is 0 Å². The maximum atomic E-state index is 10.2. The Morgan fingerprint density at radius 2 is 2.20 bits per heavy atom. The second-order valence-corrected chi connectivity index (χ2v) is 2.31. The molecule has 0 saturated carbocycles.